The molecule has 1 unspecified atom stereocenters. The summed E-state index contributed by atoms with van der Waals surface area (Å²) in [4.78, 5) is 27.1. The molecule has 2 heterocycles. The minimum Gasteiger partial charge on any atom is -0.476 e. The number of nitrogens with one attached hydrogen (secondary N) is 1. The first-order valence-electron chi connectivity index (χ1n) is 7.65. The fourth-order valence-electron chi connectivity index (χ4n) is 2.21. The molecule has 26 heavy (non-hydrogen) atoms. The van der Waals surface area contributed by atoms with Crippen LogP contribution in [0.25, 0.3) is 0 Å². The van der Waals surface area contributed by atoms with Crippen molar-refractivity contribution in [3.05, 3.63) is 59.9 Å². The van der Waals surface area contributed by atoms with Crippen molar-refractivity contribution in [2.75, 3.05) is 5.32 Å². The van der Waals surface area contributed by atoms with Gasteiger partial charge in [0.2, 0.25) is 5.95 Å². The van der Waals surface area contributed by atoms with Gasteiger partial charge in [-0.15, -0.1) is 5.10 Å². The van der Waals surface area contributed by atoms with Gasteiger partial charge in [0.15, 0.2) is 5.69 Å². The van der Waals surface area contributed by atoms with Crippen LogP contribution in [0.1, 0.15) is 29.0 Å². The number of hydrogen-bond donors (Lipinski definition) is 2. The van der Waals surface area contributed by atoms with Gasteiger partial charge in [-0.05, 0) is 30.7 Å². The summed E-state index contributed by atoms with van der Waals surface area (Å²) in [7, 11) is 0. The summed E-state index contributed by atoms with van der Waals surface area (Å²) in [5, 5.41) is 19.4. The largest absolute Gasteiger partial charge is 0.476 e. The van der Waals surface area contributed by atoms with E-state index in [1.165, 1.54) is 40.1 Å². The van der Waals surface area contributed by atoms with Crippen molar-refractivity contribution >= 4 is 17.8 Å². The molecule has 3 rings (SSSR count). The number of halogens is 1. The van der Waals surface area contributed by atoms with E-state index >= 15 is 0 Å². The maximum Gasteiger partial charge on any atom is 0.356 e. The minimum atomic E-state index is -1.17. The highest BCUT2D eigenvalue weighted by atomic mass is 19.1. The van der Waals surface area contributed by atoms with Crippen molar-refractivity contribution in [2.45, 2.75) is 19.5 Å². The van der Waals surface area contributed by atoms with Crippen LogP contribution in [0.15, 0.2) is 42.9 Å². The molecule has 1 aromatic carbocycles. The van der Waals surface area contributed by atoms with E-state index < -0.39 is 17.9 Å². The number of carboxylic acids is 1. The van der Waals surface area contributed by atoms with Crippen molar-refractivity contribution in [1.29, 1.82) is 0 Å². The number of aromatic nitrogens is 5. The summed E-state index contributed by atoms with van der Waals surface area (Å²) >= 11 is 0. The van der Waals surface area contributed by atoms with E-state index in [0.29, 0.717) is 6.54 Å². The average Bonchev–Trinajstić information content (AvgIpc) is 3.26. The lowest BCUT2D eigenvalue weighted by atomic mass is 10.2. The molecule has 0 saturated heterocycles. The number of carbonyl (C=O) groups excluding carboxylic acids is 1. The second-order valence-corrected chi connectivity index (χ2v) is 5.54. The molecule has 0 aliphatic carbocycles. The Labute approximate surface area is 147 Å². The van der Waals surface area contributed by atoms with Crippen molar-refractivity contribution in [2.24, 2.45) is 0 Å². The number of amides is 1. The minimum absolute atomic E-state index is 0.106. The Hall–Kier alpha value is -3.56. The molecule has 1 amide bonds. The molecule has 0 spiro atoms. The van der Waals surface area contributed by atoms with Crippen LogP contribution in [-0.4, -0.2) is 41.5 Å². The lowest BCUT2D eigenvalue weighted by Crippen LogP contribution is -2.25. The van der Waals surface area contributed by atoms with Gasteiger partial charge in [0.25, 0.3) is 5.91 Å². The summed E-state index contributed by atoms with van der Waals surface area (Å²) in [5.74, 6) is -1.82. The number of carboxylic acid groups (broad SMARTS) is 1. The quantitative estimate of drug-likeness (QED) is 0.691. The Kier molecular flexibility index (Phi) is 4.74. The smallest absolute Gasteiger partial charge is 0.356 e. The number of rotatable bonds is 6. The Morgan fingerprint density at radius 3 is 2.62 bits per heavy atom. The maximum atomic E-state index is 12.9. The third-order valence-electron chi connectivity index (χ3n) is 3.63. The second-order valence-electron chi connectivity index (χ2n) is 5.54. The highest BCUT2D eigenvalue weighted by Crippen LogP contribution is 2.10. The summed E-state index contributed by atoms with van der Waals surface area (Å²) in [6.45, 7) is 1.95. The molecular formula is C16H15FN6O3. The van der Waals surface area contributed by atoms with Crippen LogP contribution in [0.2, 0.25) is 0 Å². The van der Waals surface area contributed by atoms with Gasteiger partial charge in [0.1, 0.15) is 18.2 Å². The Bertz CT molecular complexity index is 934. The first-order valence-corrected chi connectivity index (χ1v) is 7.65. The number of carbonyl (C=O) groups is 2. The molecule has 3 aromatic rings. The van der Waals surface area contributed by atoms with E-state index in [1.807, 2.05) is 0 Å². The zero-order valence-corrected chi connectivity index (χ0v) is 13.7. The van der Waals surface area contributed by atoms with Crippen molar-refractivity contribution < 1.29 is 19.1 Å². The molecule has 2 aromatic heterocycles. The van der Waals surface area contributed by atoms with Gasteiger partial charge in [-0.3, -0.25) is 14.8 Å². The molecule has 0 bridgehead atoms. The molecule has 10 heteroatoms. The summed E-state index contributed by atoms with van der Waals surface area (Å²) in [5.41, 5.74) is 0.687. The second kappa shape index (κ2) is 7.13. The predicted molar refractivity (Wildman–Crippen MR) is 88.1 cm³/mol. The topological polar surface area (TPSA) is 115 Å². The van der Waals surface area contributed by atoms with Gasteiger partial charge in [-0.25, -0.2) is 18.9 Å². The monoisotopic (exact) mass is 358 g/mol. The molecule has 0 fully saturated rings. The summed E-state index contributed by atoms with van der Waals surface area (Å²) in [6, 6.07) is 6.54. The van der Waals surface area contributed by atoms with Gasteiger partial charge in [-0.1, -0.05) is 12.1 Å². The third kappa shape index (κ3) is 3.91. The summed E-state index contributed by atoms with van der Waals surface area (Å²) < 4.78 is 15.7. The van der Waals surface area contributed by atoms with Crippen LogP contribution in [0.5, 0.6) is 0 Å². The maximum absolute atomic E-state index is 12.9. The SMILES string of the molecule is CC(C(=O)Nc1ncn(Cc2ccc(F)cc2)n1)n1ccc(C(=O)O)n1. The molecule has 9 nitrogen and oxygen atoms in total. The van der Waals surface area contributed by atoms with Crippen LogP contribution in [0.4, 0.5) is 10.3 Å². The third-order valence-corrected chi connectivity index (χ3v) is 3.63. The highest BCUT2D eigenvalue weighted by Gasteiger charge is 2.19. The van der Waals surface area contributed by atoms with Crippen molar-refractivity contribution in [3.63, 3.8) is 0 Å². The predicted octanol–water partition coefficient (Wildman–Crippen LogP) is 1.56. The van der Waals surface area contributed by atoms with E-state index in [2.05, 4.69) is 20.5 Å². The van der Waals surface area contributed by atoms with Gasteiger partial charge >= 0.3 is 5.97 Å². The first kappa shape index (κ1) is 17.3. The normalized spacial score (nSPS) is 11.9. The van der Waals surface area contributed by atoms with Gasteiger partial charge in [-0.2, -0.15) is 5.10 Å². The van der Waals surface area contributed by atoms with Gasteiger partial charge in [0, 0.05) is 6.20 Å². The lowest BCUT2D eigenvalue weighted by molar-refractivity contribution is -0.119. The molecule has 0 radical (unpaired) electrons. The molecule has 134 valence electrons. The van der Waals surface area contributed by atoms with Crippen LogP contribution >= 0.6 is 0 Å². The van der Waals surface area contributed by atoms with Crippen LogP contribution in [-0.2, 0) is 11.3 Å². The fourth-order valence-corrected chi connectivity index (χ4v) is 2.21. The van der Waals surface area contributed by atoms with Crippen molar-refractivity contribution in [1.82, 2.24) is 24.5 Å². The molecule has 1 atom stereocenters. The van der Waals surface area contributed by atoms with E-state index in [4.69, 9.17) is 5.11 Å². The van der Waals surface area contributed by atoms with E-state index in [-0.39, 0.29) is 17.5 Å². The van der Waals surface area contributed by atoms with Crippen LogP contribution in [0, 0.1) is 5.82 Å². The standard InChI is InChI=1S/C16H15FN6O3/c1-10(23-7-6-13(20-23)15(25)26)14(24)19-16-18-9-22(21-16)8-11-2-4-12(17)5-3-11/h2-7,9-10H,8H2,1H3,(H,25,26)(H,19,21,24). The van der Waals surface area contributed by atoms with Crippen LogP contribution < -0.4 is 5.32 Å². The zero-order valence-electron chi connectivity index (χ0n) is 13.7. The van der Waals surface area contributed by atoms with Gasteiger partial charge in [0.05, 0.1) is 6.54 Å². The lowest BCUT2D eigenvalue weighted by Gasteiger charge is -2.10. The molecule has 0 saturated carbocycles. The van der Waals surface area contributed by atoms with Crippen LogP contribution in [0.3, 0.4) is 0 Å². The summed E-state index contributed by atoms with van der Waals surface area (Å²) in [6.07, 6.45) is 2.86. The number of hydrogen-bond acceptors (Lipinski definition) is 5. The Balaban J connectivity index is 1.63. The number of anilines is 1. The first-order chi connectivity index (χ1) is 12.4. The van der Waals surface area contributed by atoms with Crippen molar-refractivity contribution in [3.8, 4) is 0 Å². The number of benzene rings is 1. The molecule has 0 aliphatic heterocycles. The molecular weight excluding hydrogens is 343 g/mol. The highest BCUT2D eigenvalue weighted by molar-refractivity contribution is 5.92. The zero-order chi connectivity index (χ0) is 18.7. The van der Waals surface area contributed by atoms with E-state index in [1.54, 1.807) is 19.1 Å². The molecule has 0 aliphatic rings. The Morgan fingerprint density at radius 2 is 1.96 bits per heavy atom. The fraction of sp³-hybridized carbons (Fsp3) is 0.188. The number of nitrogens with zero attached hydrogens (tertiary/aromatic N) is 5. The Morgan fingerprint density at radius 1 is 1.23 bits per heavy atom. The number of aromatic carboxylic acids is 1. The average molecular weight is 358 g/mol. The molecule has 2 N–H and O–H groups in total. The van der Waals surface area contributed by atoms with E-state index in [0.717, 1.165) is 5.56 Å². The van der Waals surface area contributed by atoms with Gasteiger partial charge < -0.3 is 5.11 Å². The van der Waals surface area contributed by atoms with E-state index in [9.17, 15) is 14.0 Å².